The highest BCUT2D eigenvalue weighted by atomic mass is 31.1. The molecule has 12 heteroatoms. The first kappa shape index (κ1) is 15.7. The zero-order valence-electron chi connectivity index (χ0n) is 8.18. The summed E-state index contributed by atoms with van der Waals surface area (Å²) in [5.41, 5.74) is 6.62. The molecule has 0 aliphatic heterocycles. The van der Waals surface area contributed by atoms with Gasteiger partial charge < -0.3 is 20.4 Å². The van der Waals surface area contributed by atoms with Gasteiger partial charge in [0.05, 0.1) is 0 Å². The predicted octanol–water partition coefficient (Wildman–Crippen LogP) is -2.69. The lowest BCUT2D eigenvalue weighted by molar-refractivity contribution is -0.171. The van der Waals surface area contributed by atoms with Gasteiger partial charge in [0.2, 0.25) is 0 Å². The monoisotopic (exact) mass is 284 g/mol. The van der Waals surface area contributed by atoms with Gasteiger partial charge in [0, 0.05) is 17.8 Å². The molecule has 0 rings (SSSR count). The Morgan fingerprint density at radius 2 is 1.18 bits per heavy atom. The highest BCUT2D eigenvalue weighted by Gasteiger charge is 2.60. The Bertz CT molecular complexity index is 326. The van der Waals surface area contributed by atoms with Crippen LogP contribution in [0.2, 0.25) is 0 Å². The normalized spacial score (nSPS) is 11.9. The van der Waals surface area contributed by atoms with Crippen LogP contribution in [0.5, 0.6) is 0 Å². The van der Waals surface area contributed by atoms with E-state index in [1.165, 1.54) is 0 Å². The number of nitrogens with one attached hydrogen (secondary N) is 2. The number of carboxylic acids is 2. The van der Waals surface area contributed by atoms with Crippen LogP contribution in [0.25, 0.3) is 0 Å². The van der Waals surface area contributed by atoms with Gasteiger partial charge in [-0.1, -0.05) is 0 Å². The molecule has 0 spiro atoms. The molecule has 0 aromatic heterocycles. The average molecular weight is 284 g/mol. The minimum atomic E-state index is -3.29. The molecule has 0 heterocycles. The number of carbonyl (C=O) groups excluding carboxylic acids is 2. The third kappa shape index (κ3) is 2.86. The van der Waals surface area contributed by atoms with E-state index < -0.39 is 46.9 Å². The van der Waals surface area contributed by atoms with Crippen molar-refractivity contribution in [3.63, 3.8) is 0 Å². The molecule has 2 atom stereocenters. The largest absolute Gasteiger partial charge is 0.480 e. The number of hydrogen-bond donors (Lipinski definition) is 6. The number of rotatable bonds is 6. The van der Waals surface area contributed by atoms with Crippen LogP contribution in [0, 0.1) is 5.41 Å². The van der Waals surface area contributed by atoms with Gasteiger partial charge in [0.25, 0.3) is 11.8 Å². The van der Waals surface area contributed by atoms with Crippen molar-refractivity contribution in [2.45, 2.75) is 0 Å². The summed E-state index contributed by atoms with van der Waals surface area (Å²) in [6.45, 7) is 0. The summed E-state index contributed by atoms with van der Waals surface area (Å²) < 4.78 is 0. The van der Waals surface area contributed by atoms with Crippen LogP contribution >= 0.6 is 17.8 Å². The molecule has 96 valence electrons. The minimum Gasteiger partial charge on any atom is -0.480 e. The van der Waals surface area contributed by atoms with E-state index in [4.69, 9.17) is 21.2 Å². The second kappa shape index (κ2) is 6.41. The maximum atomic E-state index is 11.4. The van der Waals surface area contributed by atoms with Crippen LogP contribution in [-0.4, -0.2) is 34.0 Å². The maximum Gasteiger partial charge on any atom is 0.340 e. The summed E-state index contributed by atoms with van der Waals surface area (Å²) in [5, 5.41) is 21.2. The number of aliphatic carboxylic acids is 2. The second-order valence-electron chi connectivity index (χ2n) is 2.56. The smallest absolute Gasteiger partial charge is 0.340 e. The summed E-state index contributed by atoms with van der Waals surface area (Å²) in [7, 11) is -1.49. The Kier molecular flexibility index (Phi) is 5.90. The molecule has 2 unspecified atom stereocenters. The lowest BCUT2D eigenvalue weighted by Crippen LogP contribution is -2.58. The molecule has 0 radical (unpaired) electrons. The van der Waals surface area contributed by atoms with Gasteiger partial charge in [-0.25, -0.2) is 9.59 Å². The lowest BCUT2D eigenvalue weighted by atomic mass is 9.86. The molecule has 10 nitrogen and oxygen atoms in total. The zero-order chi connectivity index (χ0) is 13.6. The van der Waals surface area contributed by atoms with E-state index in [2.05, 4.69) is 0 Å². The zero-order valence-corrected chi connectivity index (χ0v) is 10.2. The Morgan fingerprint density at radius 1 is 0.882 bits per heavy atom. The van der Waals surface area contributed by atoms with Crippen LogP contribution in [-0.2, 0) is 19.2 Å². The van der Waals surface area contributed by atoms with Crippen LogP contribution < -0.4 is 21.2 Å². The fourth-order valence-corrected chi connectivity index (χ4v) is 1.54. The van der Waals surface area contributed by atoms with Crippen molar-refractivity contribution >= 4 is 41.5 Å². The average Bonchev–Trinajstić information content (AvgIpc) is 2.17. The first-order valence-electron chi connectivity index (χ1n) is 3.84. The summed E-state index contributed by atoms with van der Waals surface area (Å²) in [5.74, 6) is -7.32. The van der Waals surface area contributed by atoms with Crippen LogP contribution in [0.3, 0.4) is 0 Å². The SMILES string of the molecule is NPNC(=O)C(C(=O)O)(C(=O)O)C(=O)NPN. The maximum absolute atomic E-state index is 11.4. The van der Waals surface area contributed by atoms with Crippen molar-refractivity contribution in [2.24, 2.45) is 16.4 Å². The van der Waals surface area contributed by atoms with Gasteiger partial charge in [-0.15, -0.1) is 0 Å². The molecule has 0 bridgehead atoms. The third-order valence-corrected chi connectivity index (χ3v) is 2.44. The van der Waals surface area contributed by atoms with Crippen molar-refractivity contribution in [1.29, 1.82) is 0 Å². The van der Waals surface area contributed by atoms with Gasteiger partial charge >= 0.3 is 17.4 Å². The molecule has 17 heavy (non-hydrogen) atoms. The quantitative estimate of drug-likeness (QED) is 0.225. The van der Waals surface area contributed by atoms with Crippen molar-refractivity contribution in [2.75, 3.05) is 0 Å². The molecular weight excluding hydrogens is 274 g/mol. The number of carbonyl (C=O) groups is 4. The Hall–Kier alpha value is -1.34. The van der Waals surface area contributed by atoms with E-state index in [1.807, 2.05) is 0 Å². The molecule has 0 saturated heterocycles. The number of amides is 2. The summed E-state index contributed by atoms with van der Waals surface area (Å²) in [6, 6.07) is 0. The number of hydrogen-bond acceptors (Lipinski definition) is 6. The fourth-order valence-electron chi connectivity index (χ4n) is 0.902. The van der Waals surface area contributed by atoms with Crippen molar-refractivity contribution < 1.29 is 29.4 Å². The van der Waals surface area contributed by atoms with E-state index in [0.717, 1.165) is 0 Å². The molecule has 0 fully saturated rings. The standard InChI is InChI=1S/C5H10N4O6P2/c6-16-8-1(10)5(3(12)13,4(14)15)2(11)9-17-7/h16-17H,6-7H2,(H,8,10)(H,9,11)(H,12,13)(H,14,15). The second-order valence-corrected chi connectivity index (χ2v) is 3.63. The van der Waals surface area contributed by atoms with E-state index in [9.17, 15) is 19.2 Å². The molecule has 0 aliphatic rings. The van der Waals surface area contributed by atoms with Gasteiger partial charge in [-0.3, -0.25) is 20.6 Å². The third-order valence-electron chi connectivity index (χ3n) is 1.69. The van der Waals surface area contributed by atoms with Crippen LogP contribution in [0.4, 0.5) is 0 Å². The number of carboxylic acid groups (broad SMARTS) is 2. The van der Waals surface area contributed by atoms with Crippen LogP contribution in [0.15, 0.2) is 0 Å². The van der Waals surface area contributed by atoms with Crippen molar-refractivity contribution in [1.82, 2.24) is 10.2 Å². The Balaban J connectivity index is 5.60. The molecule has 0 aromatic rings. The first-order valence-corrected chi connectivity index (χ1v) is 6.00. The fraction of sp³-hybridized carbons (Fsp3) is 0.200. The molecule has 0 saturated carbocycles. The highest BCUT2D eigenvalue weighted by molar-refractivity contribution is 7.34. The van der Waals surface area contributed by atoms with Gasteiger partial charge in [0.1, 0.15) is 0 Å². The Labute approximate surface area is 98.3 Å². The molecule has 0 aliphatic carbocycles. The van der Waals surface area contributed by atoms with E-state index in [1.54, 1.807) is 10.2 Å². The predicted molar refractivity (Wildman–Crippen MR) is 59.0 cm³/mol. The molecule has 0 aromatic carbocycles. The minimum absolute atomic E-state index is 0.743. The topological polar surface area (TPSA) is 185 Å². The van der Waals surface area contributed by atoms with Gasteiger partial charge in [-0.05, 0) is 0 Å². The van der Waals surface area contributed by atoms with E-state index in [-0.39, 0.29) is 0 Å². The molecule has 8 N–H and O–H groups in total. The van der Waals surface area contributed by atoms with Crippen LogP contribution in [0.1, 0.15) is 0 Å². The molecular formula is C5H10N4O6P2. The molecule has 2 amide bonds. The van der Waals surface area contributed by atoms with Gasteiger partial charge in [0.15, 0.2) is 0 Å². The summed E-state index contributed by atoms with van der Waals surface area (Å²) in [6.07, 6.45) is 0. The van der Waals surface area contributed by atoms with E-state index in [0.29, 0.717) is 0 Å². The highest BCUT2D eigenvalue weighted by Crippen LogP contribution is 2.21. The first-order chi connectivity index (χ1) is 7.85. The number of nitrogens with two attached hydrogens (primary N) is 2. The van der Waals surface area contributed by atoms with Crippen molar-refractivity contribution in [3.8, 4) is 0 Å². The Morgan fingerprint density at radius 3 is 1.35 bits per heavy atom. The summed E-state index contributed by atoms with van der Waals surface area (Å²) in [4.78, 5) is 44.7. The lowest BCUT2D eigenvalue weighted by Gasteiger charge is -2.21. The summed E-state index contributed by atoms with van der Waals surface area (Å²) >= 11 is 0. The van der Waals surface area contributed by atoms with Gasteiger partial charge in [-0.2, -0.15) is 0 Å². The van der Waals surface area contributed by atoms with Crippen molar-refractivity contribution in [3.05, 3.63) is 0 Å². The van der Waals surface area contributed by atoms with E-state index >= 15 is 0 Å².